The quantitative estimate of drug-likeness (QED) is 0.418. The van der Waals surface area contributed by atoms with E-state index in [-0.39, 0.29) is 49.1 Å². The number of carboxylic acids is 1. The fourth-order valence-corrected chi connectivity index (χ4v) is 0.628. The van der Waals surface area contributed by atoms with Gasteiger partial charge in [-0.05, 0) is 0 Å². The molecule has 0 aromatic heterocycles. The average Bonchev–Trinajstić information content (AvgIpc) is 2.03. The van der Waals surface area contributed by atoms with Gasteiger partial charge in [0.05, 0.1) is 13.2 Å². The normalized spacial score (nSPS) is 9.36. The number of hydrogen-bond donors (Lipinski definition) is 2. The van der Waals surface area contributed by atoms with Crippen molar-refractivity contribution in [2.24, 2.45) is 0 Å². The first-order chi connectivity index (χ1) is 6.10. The molecule has 0 bridgehead atoms. The molecule has 0 aromatic carbocycles. The van der Waals surface area contributed by atoms with Crippen LogP contribution in [0.4, 0.5) is 0 Å². The Morgan fingerprint density at radius 2 is 2.00 bits per heavy atom. The fourth-order valence-electron chi connectivity index (χ4n) is 0.628. The molecule has 0 saturated heterocycles. The van der Waals surface area contributed by atoms with Gasteiger partial charge in [-0.25, -0.2) is 0 Å². The van der Waals surface area contributed by atoms with Crippen LogP contribution in [-0.4, -0.2) is 76.5 Å². The van der Waals surface area contributed by atoms with Crippen LogP contribution in [0, 0.1) is 0 Å². The number of nitrogens with zero attached hydrogens (tertiary/aromatic N) is 1. The Balaban J connectivity index is 0. The van der Waals surface area contributed by atoms with Crippen molar-refractivity contribution >= 4 is 41.5 Å². The SMILES string of the molecule is CCC(=O)ON(CCO)CC(=O)O.[NaH]. The molecule has 0 aliphatic carbocycles. The van der Waals surface area contributed by atoms with E-state index in [1.165, 1.54) is 0 Å². The van der Waals surface area contributed by atoms with Gasteiger partial charge >= 0.3 is 41.5 Å². The monoisotopic (exact) mass is 215 g/mol. The molecule has 0 radical (unpaired) electrons. The molecule has 0 atom stereocenters. The van der Waals surface area contributed by atoms with Gasteiger partial charge in [0.25, 0.3) is 0 Å². The Bertz CT molecular complexity index is 187. The average molecular weight is 215 g/mol. The van der Waals surface area contributed by atoms with Crippen LogP contribution < -0.4 is 0 Å². The van der Waals surface area contributed by atoms with Crippen LogP contribution in [0.5, 0.6) is 0 Å². The van der Waals surface area contributed by atoms with Crippen LogP contribution in [-0.2, 0) is 14.4 Å². The number of carbonyl (C=O) groups is 2. The predicted molar refractivity (Wildman–Crippen MR) is 49.8 cm³/mol. The summed E-state index contributed by atoms with van der Waals surface area (Å²) in [5, 5.41) is 17.8. The molecular weight excluding hydrogens is 201 g/mol. The van der Waals surface area contributed by atoms with Crippen molar-refractivity contribution in [3.05, 3.63) is 0 Å². The van der Waals surface area contributed by atoms with Gasteiger partial charge in [-0.3, -0.25) is 9.59 Å². The number of rotatable bonds is 6. The van der Waals surface area contributed by atoms with E-state index < -0.39 is 18.5 Å². The molecule has 78 valence electrons. The molecule has 0 unspecified atom stereocenters. The molecule has 2 N–H and O–H groups in total. The first-order valence-corrected chi connectivity index (χ1v) is 3.88. The van der Waals surface area contributed by atoms with Crippen molar-refractivity contribution in [1.29, 1.82) is 0 Å². The van der Waals surface area contributed by atoms with Crippen molar-refractivity contribution in [3.63, 3.8) is 0 Å². The summed E-state index contributed by atoms with van der Waals surface area (Å²) in [6.07, 6.45) is 0.168. The summed E-state index contributed by atoms with van der Waals surface area (Å²) in [6, 6.07) is 0. The Morgan fingerprint density at radius 3 is 2.36 bits per heavy atom. The molecule has 0 amide bonds. The second kappa shape index (κ2) is 9.42. The molecule has 0 spiro atoms. The summed E-state index contributed by atoms with van der Waals surface area (Å²) in [7, 11) is 0. The van der Waals surface area contributed by atoms with Gasteiger partial charge in [0.15, 0.2) is 0 Å². The summed E-state index contributed by atoms with van der Waals surface area (Å²) >= 11 is 0. The number of hydrogen-bond acceptors (Lipinski definition) is 5. The van der Waals surface area contributed by atoms with E-state index in [1.54, 1.807) is 6.92 Å². The first-order valence-electron chi connectivity index (χ1n) is 3.88. The van der Waals surface area contributed by atoms with Crippen LogP contribution in [0.25, 0.3) is 0 Å². The number of carbonyl (C=O) groups excluding carboxylic acids is 1. The Morgan fingerprint density at radius 1 is 1.43 bits per heavy atom. The second-order valence-electron chi connectivity index (χ2n) is 2.30. The summed E-state index contributed by atoms with van der Waals surface area (Å²) < 4.78 is 0. The standard InChI is InChI=1S/C7H13NO5.Na.H/c1-2-7(12)13-8(3-4-9)5-6(10)11;;/h9H,2-5H2,1H3,(H,10,11);;. The van der Waals surface area contributed by atoms with Crippen LogP contribution in [0.15, 0.2) is 0 Å². The van der Waals surface area contributed by atoms with Crippen molar-refractivity contribution in [1.82, 2.24) is 5.06 Å². The summed E-state index contributed by atoms with van der Waals surface area (Å²) in [5.41, 5.74) is 0. The van der Waals surface area contributed by atoms with E-state index in [0.717, 1.165) is 5.06 Å². The summed E-state index contributed by atoms with van der Waals surface area (Å²) in [4.78, 5) is 25.6. The maximum absolute atomic E-state index is 10.7. The minimum atomic E-state index is -1.11. The maximum atomic E-state index is 10.7. The van der Waals surface area contributed by atoms with E-state index in [2.05, 4.69) is 4.84 Å². The molecule has 0 saturated carbocycles. The topological polar surface area (TPSA) is 87.1 Å². The number of aliphatic carboxylic acids is 1. The third-order valence-electron chi connectivity index (χ3n) is 1.18. The van der Waals surface area contributed by atoms with Gasteiger partial charge in [0, 0.05) is 6.42 Å². The Labute approximate surface area is 104 Å². The van der Waals surface area contributed by atoms with Crippen LogP contribution in [0.2, 0.25) is 0 Å². The van der Waals surface area contributed by atoms with Crippen LogP contribution >= 0.6 is 0 Å². The van der Waals surface area contributed by atoms with Gasteiger partial charge in [-0.1, -0.05) is 6.92 Å². The van der Waals surface area contributed by atoms with Crippen molar-refractivity contribution in [2.45, 2.75) is 13.3 Å². The van der Waals surface area contributed by atoms with Crippen LogP contribution in [0.1, 0.15) is 13.3 Å². The molecule has 0 aliphatic rings. The van der Waals surface area contributed by atoms with E-state index >= 15 is 0 Å². The molecular formula is C7H14NNaO5. The number of aliphatic hydroxyl groups is 1. The van der Waals surface area contributed by atoms with Crippen molar-refractivity contribution < 1.29 is 24.6 Å². The van der Waals surface area contributed by atoms with Crippen molar-refractivity contribution in [2.75, 3.05) is 19.7 Å². The molecule has 0 heterocycles. The molecule has 0 aliphatic heterocycles. The third kappa shape index (κ3) is 8.46. The number of hydroxylamine groups is 2. The van der Waals surface area contributed by atoms with Gasteiger partial charge in [-0.15, -0.1) is 5.06 Å². The molecule has 7 heteroatoms. The summed E-state index contributed by atoms with van der Waals surface area (Å²) in [5.74, 6) is -1.63. The zero-order valence-electron chi connectivity index (χ0n) is 7.39. The molecule has 0 rings (SSSR count). The van der Waals surface area contributed by atoms with E-state index in [4.69, 9.17) is 10.2 Å². The van der Waals surface area contributed by atoms with Gasteiger partial charge in [-0.2, -0.15) is 0 Å². The summed E-state index contributed by atoms with van der Waals surface area (Å²) in [6.45, 7) is 0.912. The first kappa shape index (κ1) is 16.3. The minimum absolute atomic E-state index is 0. The second-order valence-corrected chi connectivity index (χ2v) is 2.30. The zero-order valence-corrected chi connectivity index (χ0v) is 7.39. The van der Waals surface area contributed by atoms with Gasteiger partial charge in [0.2, 0.25) is 0 Å². The molecule has 6 nitrogen and oxygen atoms in total. The number of aliphatic hydroxyl groups excluding tert-OH is 1. The fraction of sp³-hybridized carbons (Fsp3) is 0.714. The van der Waals surface area contributed by atoms with Gasteiger partial charge < -0.3 is 15.1 Å². The zero-order chi connectivity index (χ0) is 10.3. The Hall–Kier alpha value is -0.140. The molecule has 0 fully saturated rings. The number of carboxylic acid groups (broad SMARTS) is 1. The van der Waals surface area contributed by atoms with Crippen molar-refractivity contribution in [3.8, 4) is 0 Å². The van der Waals surface area contributed by atoms with E-state index in [0.29, 0.717) is 0 Å². The molecule has 14 heavy (non-hydrogen) atoms. The predicted octanol–water partition coefficient (Wildman–Crippen LogP) is -1.41. The third-order valence-corrected chi connectivity index (χ3v) is 1.18. The van der Waals surface area contributed by atoms with Gasteiger partial charge in [0.1, 0.15) is 6.54 Å². The van der Waals surface area contributed by atoms with E-state index in [1.807, 2.05) is 0 Å². The van der Waals surface area contributed by atoms with Crippen LogP contribution in [0.3, 0.4) is 0 Å². The molecule has 0 aromatic rings. The van der Waals surface area contributed by atoms with E-state index in [9.17, 15) is 9.59 Å². The Kier molecular flexibility index (Phi) is 11.0.